The fourth-order valence-corrected chi connectivity index (χ4v) is 3.17. The van der Waals surface area contributed by atoms with Gasteiger partial charge in [0.25, 0.3) is 0 Å². The maximum absolute atomic E-state index is 5.50. The van der Waals surface area contributed by atoms with Gasteiger partial charge in [0.2, 0.25) is 0 Å². The van der Waals surface area contributed by atoms with Crippen molar-refractivity contribution in [3.05, 3.63) is 29.6 Å². The second kappa shape index (κ2) is 10.9. The normalized spacial score (nSPS) is 10.6. The van der Waals surface area contributed by atoms with Crippen LogP contribution in [-0.2, 0) is 12.8 Å². The van der Waals surface area contributed by atoms with Gasteiger partial charge in [0.1, 0.15) is 0 Å². The van der Waals surface area contributed by atoms with E-state index in [1.54, 1.807) is 14.2 Å². The summed E-state index contributed by atoms with van der Waals surface area (Å²) in [5.74, 6) is 1.60. The number of nitrogens with zero attached hydrogens (tertiary/aromatic N) is 3. The van der Waals surface area contributed by atoms with Gasteiger partial charge in [-0.25, -0.2) is 0 Å². The minimum atomic E-state index is 0.102. The first-order valence-electron chi connectivity index (χ1n) is 9.59. The number of unbranched alkanes of at least 4 members (excludes halogenated alkanes) is 1. The number of guanidine groups is 2. The number of fused-ring (bicyclic) bond motifs is 1. The molecule has 8 N–H and O–H groups in total. The van der Waals surface area contributed by atoms with E-state index in [9.17, 15) is 0 Å². The number of methoxy groups -OCH3 is 2. The predicted octanol–water partition coefficient (Wildman–Crippen LogP) is 1.05. The van der Waals surface area contributed by atoms with E-state index in [0.29, 0.717) is 24.6 Å². The smallest absolute Gasteiger partial charge is 0.185 e. The molecule has 0 radical (unpaired) electrons. The van der Waals surface area contributed by atoms with Crippen LogP contribution < -0.4 is 32.4 Å². The van der Waals surface area contributed by atoms with E-state index in [0.717, 1.165) is 54.1 Å². The Labute approximate surface area is 171 Å². The van der Waals surface area contributed by atoms with Crippen LogP contribution >= 0.6 is 0 Å². The van der Waals surface area contributed by atoms with E-state index >= 15 is 0 Å². The third-order valence-corrected chi connectivity index (χ3v) is 4.57. The molecular formula is C20H31N7O2. The van der Waals surface area contributed by atoms with Gasteiger partial charge in [-0.2, -0.15) is 0 Å². The van der Waals surface area contributed by atoms with Crippen LogP contribution in [-0.4, -0.2) is 44.2 Å². The number of rotatable bonds is 11. The molecule has 0 amide bonds. The van der Waals surface area contributed by atoms with Crippen LogP contribution in [0.15, 0.2) is 28.3 Å². The van der Waals surface area contributed by atoms with Gasteiger partial charge in [0, 0.05) is 30.4 Å². The molecule has 0 saturated carbocycles. The van der Waals surface area contributed by atoms with Crippen molar-refractivity contribution in [1.29, 1.82) is 0 Å². The minimum Gasteiger partial charge on any atom is -0.493 e. The van der Waals surface area contributed by atoms with Crippen molar-refractivity contribution in [3.8, 4) is 11.5 Å². The first-order chi connectivity index (χ1) is 14.0. The van der Waals surface area contributed by atoms with Crippen molar-refractivity contribution in [3.63, 3.8) is 0 Å². The number of hydrogen-bond acceptors (Lipinski definition) is 5. The number of nitrogens with two attached hydrogens (primary N) is 4. The van der Waals surface area contributed by atoms with E-state index in [4.69, 9.17) is 37.4 Å². The lowest BCUT2D eigenvalue weighted by Gasteiger charge is -2.14. The van der Waals surface area contributed by atoms with Crippen LogP contribution in [0.1, 0.15) is 30.5 Å². The number of hydrogen-bond donors (Lipinski definition) is 4. The molecule has 2 rings (SSSR count). The summed E-state index contributed by atoms with van der Waals surface area (Å²) in [5, 5.41) is 2.16. The van der Waals surface area contributed by atoms with Crippen LogP contribution in [0.25, 0.3) is 10.8 Å². The SMILES string of the molecule is COc1cc2c(CCCCN=C(N)N)cnc(CCCN=C(N)N)c2cc1OC. The molecule has 9 nitrogen and oxygen atoms in total. The van der Waals surface area contributed by atoms with Crippen LogP contribution in [0.3, 0.4) is 0 Å². The van der Waals surface area contributed by atoms with Crippen LogP contribution in [0.2, 0.25) is 0 Å². The average Bonchev–Trinajstić information content (AvgIpc) is 2.70. The van der Waals surface area contributed by atoms with Gasteiger partial charge >= 0.3 is 0 Å². The lowest BCUT2D eigenvalue weighted by atomic mass is 9.98. The Morgan fingerprint density at radius 1 is 0.828 bits per heavy atom. The molecule has 1 heterocycles. The van der Waals surface area contributed by atoms with Gasteiger partial charge in [-0.1, -0.05) is 0 Å². The van der Waals surface area contributed by atoms with Crippen LogP contribution in [0.5, 0.6) is 11.5 Å². The maximum Gasteiger partial charge on any atom is 0.185 e. The highest BCUT2D eigenvalue weighted by molar-refractivity contribution is 5.90. The summed E-state index contributed by atoms with van der Waals surface area (Å²) in [7, 11) is 3.26. The number of aryl methyl sites for hydroxylation is 2. The van der Waals surface area contributed by atoms with Crippen molar-refractivity contribution in [2.75, 3.05) is 27.3 Å². The fraction of sp³-hybridized carbons (Fsp3) is 0.450. The molecule has 1 aromatic heterocycles. The number of benzene rings is 1. The zero-order valence-corrected chi connectivity index (χ0v) is 17.1. The van der Waals surface area contributed by atoms with Crippen molar-refractivity contribution < 1.29 is 9.47 Å². The van der Waals surface area contributed by atoms with E-state index in [1.165, 1.54) is 0 Å². The van der Waals surface area contributed by atoms with Gasteiger partial charge in [-0.05, 0) is 55.2 Å². The fourth-order valence-electron chi connectivity index (χ4n) is 3.17. The molecule has 0 aliphatic carbocycles. The van der Waals surface area contributed by atoms with Gasteiger partial charge in [0.15, 0.2) is 23.4 Å². The van der Waals surface area contributed by atoms with E-state index in [1.807, 2.05) is 18.3 Å². The predicted molar refractivity (Wildman–Crippen MR) is 117 cm³/mol. The second-order valence-electron chi connectivity index (χ2n) is 6.66. The molecule has 158 valence electrons. The minimum absolute atomic E-state index is 0.102. The summed E-state index contributed by atoms with van der Waals surface area (Å²) in [4.78, 5) is 12.8. The third-order valence-electron chi connectivity index (χ3n) is 4.57. The quantitative estimate of drug-likeness (QED) is 0.249. The van der Waals surface area contributed by atoms with Crippen LogP contribution in [0.4, 0.5) is 0 Å². The molecule has 0 saturated heterocycles. The Morgan fingerprint density at radius 2 is 1.41 bits per heavy atom. The molecule has 0 aliphatic rings. The molecule has 29 heavy (non-hydrogen) atoms. The van der Waals surface area contributed by atoms with Gasteiger partial charge in [-0.3, -0.25) is 15.0 Å². The molecule has 1 aromatic carbocycles. The lowest BCUT2D eigenvalue weighted by Crippen LogP contribution is -2.23. The highest BCUT2D eigenvalue weighted by Gasteiger charge is 2.13. The lowest BCUT2D eigenvalue weighted by molar-refractivity contribution is 0.356. The summed E-state index contributed by atoms with van der Waals surface area (Å²) < 4.78 is 11.0. The Hall–Kier alpha value is -3.23. The average molecular weight is 402 g/mol. The largest absolute Gasteiger partial charge is 0.493 e. The molecule has 0 spiro atoms. The van der Waals surface area contributed by atoms with Gasteiger partial charge in [-0.15, -0.1) is 0 Å². The molecule has 0 unspecified atom stereocenters. The van der Waals surface area contributed by atoms with Gasteiger partial charge < -0.3 is 32.4 Å². The molecular weight excluding hydrogens is 370 g/mol. The van der Waals surface area contributed by atoms with Gasteiger partial charge in [0.05, 0.1) is 14.2 Å². The summed E-state index contributed by atoms with van der Waals surface area (Å²) in [6.45, 7) is 1.18. The number of aliphatic imine (C=N–C) groups is 2. The molecule has 0 aliphatic heterocycles. The monoisotopic (exact) mass is 401 g/mol. The summed E-state index contributed by atoms with van der Waals surface area (Å²) in [6, 6.07) is 4.00. The van der Waals surface area contributed by atoms with Crippen molar-refractivity contribution in [1.82, 2.24) is 4.98 Å². The zero-order valence-electron chi connectivity index (χ0n) is 17.1. The first-order valence-corrected chi connectivity index (χ1v) is 9.59. The molecule has 0 bridgehead atoms. The Morgan fingerprint density at radius 3 is 2.00 bits per heavy atom. The summed E-state index contributed by atoms with van der Waals surface area (Å²) in [5.41, 5.74) is 23.7. The first kappa shape index (κ1) is 22.1. The Bertz CT molecular complexity index is 873. The third kappa shape index (κ3) is 6.41. The topological polar surface area (TPSA) is 160 Å². The molecule has 9 heteroatoms. The molecule has 0 fully saturated rings. The maximum atomic E-state index is 5.50. The van der Waals surface area contributed by atoms with Crippen LogP contribution in [0, 0.1) is 0 Å². The number of pyridine rings is 1. The Balaban J connectivity index is 2.28. The second-order valence-corrected chi connectivity index (χ2v) is 6.66. The summed E-state index contributed by atoms with van der Waals surface area (Å²) in [6.07, 6.45) is 6.20. The van der Waals surface area contributed by atoms with Crippen molar-refractivity contribution in [2.45, 2.75) is 32.1 Å². The van der Waals surface area contributed by atoms with E-state index in [2.05, 4.69) is 9.98 Å². The highest BCUT2D eigenvalue weighted by atomic mass is 16.5. The molecule has 0 atom stereocenters. The zero-order chi connectivity index (χ0) is 21.2. The molecule has 2 aromatic rings. The highest BCUT2D eigenvalue weighted by Crippen LogP contribution is 2.35. The summed E-state index contributed by atoms with van der Waals surface area (Å²) >= 11 is 0. The van der Waals surface area contributed by atoms with E-state index < -0.39 is 0 Å². The Kier molecular flexibility index (Phi) is 8.32. The van der Waals surface area contributed by atoms with Crippen molar-refractivity contribution in [2.24, 2.45) is 32.9 Å². The number of ether oxygens (including phenoxy) is 2. The number of aromatic nitrogens is 1. The standard InChI is InChI=1S/C20H31N7O2/c1-28-17-10-14-13(6-3-4-8-25-19(21)22)12-27-16(7-5-9-26-20(23)24)15(14)11-18(17)29-2/h10-12H,3-9H2,1-2H3,(H4,21,22,25)(H4,23,24,26). The van der Waals surface area contributed by atoms with E-state index in [-0.39, 0.29) is 11.9 Å². The van der Waals surface area contributed by atoms with Crippen molar-refractivity contribution >= 4 is 22.7 Å².